The highest BCUT2D eigenvalue weighted by Crippen LogP contribution is 2.48. The lowest BCUT2D eigenvalue weighted by molar-refractivity contribution is -0.0107. The van der Waals surface area contributed by atoms with Gasteiger partial charge in [-0.1, -0.05) is 12.1 Å². The Balaban J connectivity index is 1.04. The lowest BCUT2D eigenvalue weighted by atomic mass is 9.76. The summed E-state index contributed by atoms with van der Waals surface area (Å²) in [6, 6.07) is 7.45. The number of hydrogen-bond acceptors (Lipinski definition) is 7. The van der Waals surface area contributed by atoms with E-state index in [0.29, 0.717) is 30.2 Å². The number of amides is 1. The third-order valence-corrected chi connectivity index (χ3v) is 10.4. The second-order valence-electron chi connectivity index (χ2n) is 14.3. The SMILES string of the molecule is Cn1nc(C2CCC(O)NC2O)c2ccc(C3CCN(C4CCC5(CCN(C(=O)OC(C)(C)C)CC5)C4)CC3)cc21. The van der Waals surface area contributed by atoms with Crippen LogP contribution in [0.3, 0.4) is 0 Å². The van der Waals surface area contributed by atoms with E-state index in [1.807, 2.05) is 37.4 Å². The average molecular weight is 568 g/mol. The summed E-state index contributed by atoms with van der Waals surface area (Å²) in [6.45, 7) is 9.73. The smallest absolute Gasteiger partial charge is 0.410 e. The minimum absolute atomic E-state index is 0.115. The molecule has 0 bridgehead atoms. The molecule has 1 aromatic heterocycles. The predicted octanol–water partition coefficient (Wildman–Crippen LogP) is 4.43. The quantitative estimate of drug-likeness (QED) is 0.504. The summed E-state index contributed by atoms with van der Waals surface area (Å²) in [5.41, 5.74) is 3.38. The Hall–Kier alpha value is -2.20. The van der Waals surface area contributed by atoms with Crippen molar-refractivity contribution in [1.29, 1.82) is 0 Å². The first-order valence-electron chi connectivity index (χ1n) is 15.8. The Kier molecular flexibility index (Phi) is 7.85. The number of aliphatic hydroxyl groups is 2. The minimum Gasteiger partial charge on any atom is -0.444 e. The number of likely N-dealkylation sites (tertiary alicyclic amines) is 2. The van der Waals surface area contributed by atoms with Crippen molar-refractivity contribution < 1.29 is 19.7 Å². The van der Waals surface area contributed by atoms with Crippen molar-refractivity contribution in [3.63, 3.8) is 0 Å². The third-order valence-electron chi connectivity index (χ3n) is 10.4. The maximum absolute atomic E-state index is 12.5. The molecule has 3 saturated heterocycles. The van der Waals surface area contributed by atoms with Crippen LogP contribution in [-0.4, -0.2) is 86.2 Å². The molecule has 1 aliphatic carbocycles. The van der Waals surface area contributed by atoms with Crippen molar-refractivity contribution >= 4 is 17.0 Å². The molecule has 0 radical (unpaired) electrons. The Labute approximate surface area is 244 Å². The zero-order valence-electron chi connectivity index (χ0n) is 25.3. The summed E-state index contributed by atoms with van der Waals surface area (Å²) in [5, 5.41) is 29.1. The van der Waals surface area contributed by atoms with Crippen molar-refractivity contribution in [2.75, 3.05) is 26.2 Å². The van der Waals surface area contributed by atoms with Crippen LogP contribution in [0.15, 0.2) is 18.2 Å². The maximum atomic E-state index is 12.5. The lowest BCUT2D eigenvalue weighted by Crippen LogP contribution is -2.46. The molecule has 4 heterocycles. The topological polar surface area (TPSA) is 103 Å². The van der Waals surface area contributed by atoms with E-state index >= 15 is 0 Å². The zero-order chi connectivity index (χ0) is 28.9. The van der Waals surface area contributed by atoms with Crippen molar-refractivity contribution in [3.05, 3.63) is 29.5 Å². The van der Waals surface area contributed by atoms with Gasteiger partial charge in [-0.3, -0.25) is 10.00 Å². The monoisotopic (exact) mass is 567 g/mol. The molecule has 1 saturated carbocycles. The van der Waals surface area contributed by atoms with Gasteiger partial charge in [0.2, 0.25) is 0 Å². The summed E-state index contributed by atoms with van der Waals surface area (Å²) in [7, 11) is 1.99. The molecular weight excluding hydrogens is 518 g/mol. The number of aliphatic hydroxyl groups excluding tert-OH is 2. The van der Waals surface area contributed by atoms with Gasteiger partial charge in [-0.25, -0.2) is 4.79 Å². The lowest BCUT2D eigenvalue weighted by Gasteiger charge is -2.41. The number of nitrogens with one attached hydrogen (secondary N) is 1. The van der Waals surface area contributed by atoms with Crippen LogP contribution in [0.2, 0.25) is 0 Å². The Morgan fingerprint density at radius 3 is 2.44 bits per heavy atom. The number of piperidine rings is 3. The third kappa shape index (κ3) is 6.01. The van der Waals surface area contributed by atoms with Gasteiger partial charge < -0.3 is 24.7 Å². The number of hydrogen-bond donors (Lipinski definition) is 3. The van der Waals surface area contributed by atoms with Crippen LogP contribution in [0.1, 0.15) is 102 Å². The van der Waals surface area contributed by atoms with Crippen molar-refractivity contribution in [3.8, 4) is 0 Å². The van der Waals surface area contributed by atoms with Gasteiger partial charge in [0.1, 0.15) is 18.1 Å². The van der Waals surface area contributed by atoms with Gasteiger partial charge in [-0.05, 0) is 115 Å². The van der Waals surface area contributed by atoms with E-state index in [4.69, 9.17) is 9.84 Å². The molecule has 4 aliphatic rings. The fourth-order valence-corrected chi connectivity index (χ4v) is 8.04. The van der Waals surface area contributed by atoms with Crippen LogP contribution in [0.5, 0.6) is 0 Å². The number of carbonyl (C=O) groups is 1. The van der Waals surface area contributed by atoms with Gasteiger partial charge in [0, 0.05) is 37.5 Å². The summed E-state index contributed by atoms with van der Waals surface area (Å²) < 4.78 is 7.56. The fraction of sp³-hybridized carbons (Fsp3) is 0.750. The summed E-state index contributed by atoms with van der Waals surface area (Å²) >= 11 is 0. The van der Waals surface area contributed by atoms with E-state index in [2.05, 4.69) is 28.4 Å². The molecule has 4 atom stereocenters. The number of aryl methyl sites for hydroxylation is 1. The number of nitrogens with zero attached hydrogens (tertiary/aromatic N) is 4. The average Bonchev–Trinajstić information content (AvgIpc) is 3.49. The van der Waals surface area contributed by atoms with E-state index in [0.717, 1.165) is 55.6 Å². The van der Waals surface area contributed by atoms with Crippen molar-refractivity contribution in [2.45, 2.75) is 114 Å². The van der Waals surface area contributed by atoms with Gasteiger partial charge in [0.05, 0.1) is 11.2 Å². The molecule has 1 amide bonds. The molecule has 226 valence electrons. The summed E-state index contributed by atoms with van der Waals surface area (Å²) in [4.78, 5) is 17.2. The molecule has 6 rings (SSSR count). The largest absolute Gasteiger partial charge is 0.444 e. The summed E-state index contributed by atoms with van der Waals surface area (Å²) in [6.07, 6.45) is 8.11. The minimum atomic E-state index is -0.784. The standard InChI is InChI=1S/C32H49N5O4/c1-31(2,3)41-30(40)37-17-13-32(14-18-37)12-9-23(20-32)36-15-10-21(11-16-36)22-5-6-24-26(19-22)35(4)34-28(24)25-7-8-27(38)33-29(25)39/h5-6,19,21,23,25,27,29,33,38-39H,7-18,20H2,1-4H3. The zero-order valence-corrected chi connectivity index (χ0v) is 25.3. The molecule has 9 nitrogen and oxygen atoms in total. The molecule has 1 spiro atoms. The first-order chi connectivity index (χ1) is 19.5. The van der Waals surface area contributed by atoms with Gasteiger partial charge in [0.25, 0.3) is 0 Å². The van der Waals surface area contributed by atoms with E-state index in [-0.39, 0.29) is 12.0 Å². The number of carbonyl (C=O) groups excluding carboxylic acids is 1. The van der Waals surface area contributed by atoms with Crippen LogP contribution >= 0.6 is 0 Å². The Bertz CT molecular complexity index is 1240. The van der Waals surface area contributed by atoms with E-state index in [1.165, 1.54) is 37.7 Å². The van der Waals surface area contributed by atoms with E-state index in [9.17, 15) is 15.0 Å². The second kappa shape index (κ2) is 11.1. The Morgan fingerprint density at radius 2 is 1.76 bits per heavy atom. The molecule has 4 fully saturated rings. The van der Waals surface area contributed by atoms with Gasteiger partial charge in [-0.15, -0.1) is 0 Å². The van der Waals surface area contributed by atoms with Crippen LogP contribution in [0.25, 0.3) is 10.9 Å². The van der Waals surface area contributed by atoms with E-state index in [1.54, 1.807) is 0 Å². The molecule has 41 heavy (non-hydrogen) atoms. The summed E-state index contributed by atoms with van der Waals surface area (Å²) in [5.74, 6) is 0.439. The highest BCUT2D eigenvalue weighted by atomic mass is 16.6. The number of ether oxygens (including phenoxy) is 1. The van der Waals surface area contributed by atoms with Gasteiger partial charge >= 0.3 is 6.09 Å². The molecule has 2 aromatic rings. The number of fused-ring (bicyclic) bond motifs is 1. The fourth-order valence-electron chi connectivity index (χ4n) is 8.04. The normalized spacial score (nSPS) is 29.9. The molecule has 9 heteroatoms. The molecule has 1 aromatic carbocycles. The van der Waals surface area contributed by atoms with Crippen LogP contribution in [-0.2, 0) is 11.8 Å². The van der Waals surface area contributed by atoms with Crippen molar-refractivity contribution in [1.82, 2.24) is 24.9 Å². The second-order valence-corrected chi connectivity index (χ2v) is 14.3. The highest BCUT2D eigenvalue weighted by molar-refractivity contribution is 5.83. The van der Waals surface area contributed by atoms with Crippen molar-refractivity contribution in [2.24, 2.45) is 12.5 Å². The molecular formula is C32H49N5O4. The highest BCUT2D eigenvalue weighted by Gasteiger charge is 2.44. The molecule has 3 aliphatic heterocycles. The predicted molar refractivity (Wildman–Crippen MR) is 158 cm³/mol. The maximum Gasteiger partial charge on any atom is 0.410 e. The first-order valence-corrected chi connectivity index (χ1v) is 15.8. The van der Waals surface area contributed by atoms with E-state index < -0.39 is 18.1 Å². The molecule has 4 unspecified atom stereocenters. The first kappa shape index (κ1) is 28.9. The van der Waals surface area contributed by atoms with Crippen LogP contribution < -0.4 is 5.32 Å². The molecule has 3 N–H and O–H groups in total. The Morgan fingerprint density at radius 1 is 1.02 bits per heavy atom. The number of aromatic nitrogens is 2. The number of rotatable bonds is 3. The number of benzene rings is 1. The van der Waals surface area contributed by atoms with Crippen LogP contribution in [0.4, 0.5) is 4.79 Å². The van der Waals surface area contributed by atoms with Gasteiger partial charge in [0.15, 0.2) is 0 Å². The van der Waals surface area contributed by atoms with Crippen LogP contribution in [0, 0.1) is 5.41 Å². The van der Waals surface area contributed by atoms with Gasteiger partial charge in [-0.2, -0.15) is 5.10 Å².